The molecule has 4 heteroatoms. The zero-order chi connectivity index (χ0) is 15.2. The molecule has 1 amide bonds. The van der Waals surface area contributed by atoms with Crippen LogP contribution in [-0.4, -0.2) is 30.5 Å². The van der Waals surface area contributed by atoms with E-state index >= 15 is 0 Å². The minimum atomic E-state index is -0.0168. The van der Waals surface area contributed by atoms with E-state index in [1.807, 2.05) is 42.6 Å². The van der Waals surface area contributed by atoms with Gasteiger partial charge >= 0.3 is 0 Å². The molecule has 1 fully saturated rings. The second-order valence-electron chi connectivity index (χ2n) is 5.61. The van der Waals surface area contributed by atoms with Crippen LogP contribution in [-0.2, 0) is 6.42 Å². The number of anilines is 1. The van der Waals surface area contributed by atoms with Gasteiger partial charge in [0, 0.05) is 43.3 Å². The van der Waals surface area contributed by atoms with Crippen molar-refractivity contribution in [1.29, 1.82) is 0 Å². The zero-order valence-corrected chi connectivity index (χ0v) is 12.7. The molecule has 0 aliphatic carbocycles. The summed E-state index contributed by atoms with van der Waals surface area (Å²) in [6.45, 7) is 2.87. The number of hydrogen-bond donors (Lipinski definition) is 1. The molecule has 2 aromatic rings. The maximum absolute atomic E-state index is 12.1. The Morgan fingerprint density at radius 2 is 1.91 bits per heavy atom. The van der Waals surface area contributed by atoms with E-state index in [9.17, 15) is 4.79 Å². The Kier molecular flexibility index (Phi) is 4.68. The molecule has 3 rings (SSSR count). The molecule has 1 N–H and O–H groups in total. The van der Waals surface area contributed by atoms with Crippen LogP contribution in [0.25, 0.3) is 0 Å². The number of nitrogens with zero attached hydrogens (tertiary/aromatic N) is 2. The smallest absolute Gasteiger partial charge is 0.251 e. The van der Waals surface area contributed by atoms with Crippen molar-refractivity contribution >= 4 is 11.6 Å². The predicted molar refractivity (Wildman–Crippen MR) is 88.2 cm³/mol. The molecule has 0 radical (unpaired) electrons. The molecule has 0 atom stereocenters. The maximum Gasteiger partial charge on any atom is 0.251 e. The van der Waals surface area contributed by atoms with Crippen molar-refractivity contribution in [2.45, 2.75) is 19.3 Å². The molecule has 1 aromatic carbocycles. The van der Waals surface area contributed by atoms with Gasteiger partial charge in [0.05, 0.1) is 0 Å². The van der Waals surface area contributed by atoms with Crippen molar-refractivity contribution in [3.05, 3.63) is 59.9 Å². The summed E-state index contributed by atoms with van der Waals surface area (Å²) in [6.07, 6.45) is 6.90. The first kappa shape index (κ1) is 14.6. The molecule has 4 nitrogen and oxygen atoms in total. The van der Waals surface area contributed by atoms with Crippen LogP contribution in [0, 0.1) is 0 Å². The second-order valence-corrected chi connectivity index (χ2v) is 5.61. The van der Waals surface area contributed by atoms with Crippen LogP contribution in [0.5, 0.6) is 0 Å². The lowest BCUT2D eigenvalue weighted by atomic mass is 10.1. The fraction of sp³-hybridized carbons (Fsp3) is 0.333. The summed E-state index contributed by atoms with van der Waals surface area (Å²) in [5.74, 6) is -0.0168. The molecule has 1 aromatic heterocycles. The van der Waals surface area contributed by atoms with Gasteiger partial charge in [-0.25, -0.2) is 0 Å². The Morgan fingerprint density at radius 1 is 1.14 bits per heavy atom. The standard InChI is InChI=1S/C18H21N3O/c22-18(20-11-9-15-4-3-10-19-14-15)16-5-7-17(8-6-16)21-12-1-2-13-21/h3-8,10,14H,1-2,9,11-13H2,(H,20,22). The minimum absolute atomic E-state index is 0.0168. The highest BCUT2D eigenvalue weighted by molar-refractivity contribution is 5.94. The van der Waals surface area contributed by atoms with Crippen LogP contribution in [0.1, 0.15) is 28.8 Å². The van der Waals surface area contributed by atoms with Gasteiger partial charge in [0.2, 0.25) is 0 Å². The van der Waals surface area contributed by atoms with Crippen LogP contribution in [0.3, 0.4) is 0 Å². The van der Waals surface area contributed by atoms with Gasteiger partial charge in [-0.3, -0.25) is 9.78 Å². The number of amides is 1. The SMILES string of the molecule is O=C(NCCc1cccnc1)c1ccc(N2CCCC2)cc1. The first-order valence-corrected chi connectivity index (χ1v) is 7.85. The Labute approximate surface area is 131 Å². The predicted octanol–water partition coefficient (Wildman–Crippen LogP) is 2.65. The van der Waals surface area contributed by atoms with Crippen LogP contribution < -0.4 is 10.2 Å². The number of benzene rings is 1. The van der Waals surface area contributed by atoms with Crippen LogP contribution in [0.15, 0.2) is 48.8 Å². The number of nitrogens with one attached hydrogen (secondary N) is 1. The lowest BCUT2D eigenvalue weighted by molar-refractivity contribution is 0.0954. The lowest BCUT2D eigenvalue weighted by Gasteiger charge is -2.17. The number of pyridine rings is 1. The molecule has 1 aliphatic rings. The fourth-order valence-corrected chi connectivity index (χ4v) is 2.77. The van der Waals surface area contributed by atoms with E-state index < -0.39 is 0 Å². The molecule has 114 valence electrons. The highest BCUT2D eigenvalue weighted by atomic mass is 16.1. The second kappa shape index (κ2) is 7.07. The van der Waals surface area contributed by atoms with Gasteiger partial charge in [-0.1, -0.05) is 6.07 Å². The molecule has 0 bridgehead atoms. The molecule has 1 saturated heterocycles. The van der Waals surface area contributed by atoms with Gasteiger partial charge in [-0.05, 0) is 55.2 Å². The lowest BCUT2D eigenvalue weighted by Crippen LogP contribution is -2.25. The molecule has 0 spiro atoms. The normalized spacial score (nSPS) is 14.1. The molecular weight excluding hydrogens is 274 g/mol. The van der Waals surface area contributed by atoms with Crippen molar-refractivity contribution in [2.24, 2.45) is 0 Å². The van der Waals surface area contributed by atoms with Gasteiger partial charge in [-0.2, -0.15) is 0 Å². The van der Waals surface area contributed by atoms with E-state index in [0.717, 1.165) is 25.1 Å². The van der Waals surface area contributed by atoms with Crippen molar-refractivity contribution in [2.75, 3.05) is 24.5 Å². The van der Waals surface area contributed by atoms with Crippen molar-refractivity contribution in [3.63, 3.8) is 0 Å². The van der Waals surface area contributed by atoms with E-state index in [1.54, 1.807) is 6.20 Å². The summed E-state index contributed by atoms with van der Waals surface area (Å²) >= 11 is 0. The van der Waals surface area contributed by atoms with Crippen molar-refractivity contribution in [3.8, 4) is 0 Å². The fourth-order valence-electron chi connectivity index (χ4n) is 2.77. The number of rotatable bonds is 5. The van der Waals surface area contributed by atoms with Crippen molar-refractivity contribution < 1.29 is 4.79 Å². The minimum Gasteiger partial charge on any atom is -0.372 e. The van der Waals surface area contributed by atoms with Gasteiger partial charge < -0.3 is 10.2 Å². The number of hydrogen-bond acceptors (Lipinski definition) is 3. The monoisotopic (exact) mass is 295 g/mol. The maximum atomic E-state index is 12.1. The third-order valence-corrected chi connectivity index (χ3v) is 4.02. The van der Waals surface area contributed by atoms with Crippen LogP contribution >= 0.6 is 0 Å². The van der Waals surface area contributed by atoms with Gasteiger partial charge in [0.25, 0.3) is 5.91 Å². The highest BCUT2D eigenvalue weighted by Crippen LogP contribution is 2.20. The van der Waals surface area contributed by atoms with Crippen molar-refractivity contribution in [1.82, 2.24) is 10.3 Å². The van der Waals surface area contributed by atoms with Crippen LogP contribution in [0.2, 0.25) is 0 Å². The quantitative estimate of drug-likeness (QED) is 0.922. The molecule has 2 heterocycles. The van der Waals surface area contributed by atoms with Gasteiger partial charge in [0.15, 0.2) is 0 Å². The van der Waals surface area contributed by atoms with E-state index in [2.05, 4.69) is 15.2 Å². The highest BCUT2D eigenvalue weighted by Gasteiger charge is 2.12. The average molecular weight is 295 g/mol. The molecule has 0 unspecified atom stereocenters. The Hall–Kier alpha value is -2.36. The molecule has 22 heavy (non-hydrogen) atoms. The van der Waals surface area contributed by atoms with Crippen LogP contribution in [0.4, 0.5) is 5.69 Å². The molecule has 0 saturated carbocycles. The Bertz CT molecular complexity index is 604. The van der Waals surface area contributed by atoms with E-state index in [0.29, 0.717) is 12.1 Å². The van der Waals surface area contributed by atoms with Gasteiger partial charge in [0.1, 0.15) is 0 Å². The summed E-state index contributed by atoms with van der Waals surface area (Å²) < 4.78 is 0. The summed E-state index contributed by atoms with van der Waals surface area (Å²) in [4.78, 5) is 18.6. The number of aromatic nitrogens is 1. The first-order chi connectivity index (χ1) is 10.8. The third kappa shape index (κ3) is 3.64. The summed E-state index contributed by atoms with van der Waals surface area (Å²) in [6, 6.07) is 11.8. The zero-order valence-electron chi connectivity index (χ0n) is 12.7. The topological polar surface area (TPSA) is 45.2 Å². The average Bonchev–Trinajstić information content (AvgIpc) is 3.10. The summed E-state index contributed by atoms with van der Waals surface area (Å²) in [5.41, 5.74) is 3.06. The Morgan fingerprint density at radius 3 is 2.59 bits per heavy atom. The Balaban J connectivity index is 1.51. The summed E-state index contributed by atoms with van der Waals surface area (Å²) in [5, 5.41) is 2.96. The van der Waals surface area contributed by atoms with E-state index in [1.165, 1.54) is 18.5 Å². The molecular formula is C18H21N3O. The third-order valence-electron chi connectivity index (χ3n) is 4.02. The first-order valence-electron chi connectivity index (χ1n) is 7.85. The summed E-state index contributed by atoms with van der Waals surface area (Å²) in [7, 11) is 0. The largest absolute Gasteiger partial charge is 0.372 e. The number of carbonyl (C=O) groups is 1. The van der Waals surface area contributed by atoms with Gasteiger partial charge in [-0.15, -0.1) is 0 Å². The van der Waals surface area contributed by atoms with E-state index in [-0.39, 0.29) is 5.91 Å². The number of carbonyl (C=O) groups excluding carboxylic acids is 1. The van der Waals surface area contributed by atoms with E-state index in [4.69, 9.17) is 0 Å². The molecule has 1 aliphatic heterocycles.